The smallest absolute Gasteiger partial charge is 0.306 e. The van der Waals surface area contributed by atoms with E-state index in [9.17, 15) is 13.2 Å². The molecule has 6 nitrogen and oxygen atoms in total. The van der Waals surface area contributed by atoms with E-state index in [-0.39, 0.29) is 28.6 Å². The second-order valence-electron chi connectivity index (χ2n) is 4.77. The monoisotopic (exact) mass is 328 g/mol. The standard InChI is InChI=1S/C13H13ClN2O4S/c14-12-7-11(2-1-10(12)8-15)21(19,20)16-5-3-9(4-6-16)13(17)18/h1-2,7,9H,3-6H2,(H,17,18). The van der Waals surface area contributed by atoms with Gasteiger partial charge in [-0.25, -0.2) is 8.42 Å². The second-order valence-corrected chi connectivity index (χ2v) is 7.12. The van der Waals surface area contributed by atoms with Gasteiger partial charge in [0.1, 0.15) is 6.07 Å². The fraction of sp³-hybridized carbons (Fsp3) is 0.385. The van der Waals surface area contributed by atoms with Gasteiger partial charge in [0.15, 0.2) is 0 Å². The van der Waals surface area contributed by atoms with Crippen molar-refractivity contribution in [3.8, 4) is 6.07 Å². The number of carboxylic acid groups (broad SMARTS) is 1. The first kappa shape index (κ1) is 15.8. The molecule has 2 rings (SSSR count). The Morgan fingerprint density at radius 2 is 2.00 bits per heavy atom. The summed E-state index contributed by atoms with van der Waals surface area (Å²) >= 11 is 5.86. The first-order valence-corrected chi connectivity index (χ1v) is 8.10. The molecule has 21 heavy (non-hydrogen) atoms. The van der Waals surface area contributed by atoms with E-state index in [1.54, 1.807) is 0 Å². The highest BCUT2D eigenvalue weighted by atomic mass is 35.5. The largest absolute Gasteiger partial charge is 0.481 e. The maximum atomic E-state index is 12.5. The van der Waals surface area contributed by atoms with Gasteiger partial charge in [-0.3, -0.25) is 4.79 Å². The van der Waals surface area contributed by atoms with E-state index in [2.05, 4.69) is 0 Å². The zero-order valence-electron chi connectivity index (χ0n) is 11.0. The molecular weight excluding hydrogens is 316 g/mol. The number of sulfonamides is 1. The van der Waals surface area contributed by atoms with Crippen molar-refractivity contribution >= 4 is 27.6 Å². The number of carbonyl (C=O) groups is 1. The van der Waals surface area contributed by atoms with E-state index < -0.39 is 21.9 Å². The van der Waals surface area contributed by atoms with Crippen LogP contribution in [-0.4, -0.2) is 36.9 Å². The Bertz CT molecular complexity index is 703. The molecule has 8 heteroatoms. The first-order chi connectivity index (χ1) is 9.86. The molecule has 112 valence electrons. The highest BCUT2D eigenvalue weighted by Crippen LogP contribution is 2.26. The number of benzene rings is 1. The topological polar surface area (TPSA) is 98.5 Å². The van der Waals surface area contributed by atoms with E-state index in [0.717, 1.165) is 0 Å². The minimum atomic E-state index is -3.71. The van der Waals surface area contributed by atoms with Crippen LogP contribution in [0.4, 0.5) is 0 Å². The summed E-state index contributed by atoms with van der Waals surface area (Å²) in [4.78, 5) is 10.9. The van der Waals surface area contributed by atoms with E-state index in [4.69, 9.17) is 22.0 Å². The molecule has 0 aliphatic carbocycles. The van der Waals surface area contributed by atoms with Crippen molar-refractivity contribution in [1.29, 1.82) is 5.26 Å². The summed E-state index contributed by atoms with van der Waals surface area (Å²) in [5.74, 6) is -1.39. The highest BCUT2D eigenvalue weighted by molar-refractivity contribution is 7.89. The average molecular weight is 329 g/mol. The van der Waals surface area contributed by atoms with E-state index >= 15 is 0 Å². The van der Waals surface area contributed by atoms with Gasteiger partial charge in [0.2, 0.25) is 10.0 Å². The number of carboxylic acids is 1. The Morgan fingerprint density at radius 3 is 2.48 bits per heavy atom. The number of piperidine rings is 1. The molecule has 1 aliphatic rings. The summed E-state index contributed by atoms with van der Waals surface area (Å²) in [5, 5.41) is 17.8. The molecule has 0 unspecified atom stereocenters. The average Bonchev–Trinajstić information content (AvgIpc) is 2.47. The minimum absolute atomic E-state index is 0.0141. The van der Waals surface area contributed by atoms with Gasteiger partial charge in [0.05, 0.1) is 21.4 Å². The summed E-state index contributed by atoms with van der Waals surface area (Å²) in [6.45, 7) is 0.327. The van der Waals surface area contributed by atoms with Gasteiger partial charge in [-0.15, -0.1) is 0 Å². The molecule has 1 heterocycles. The van der Waals surface area contributed by atoms with E-state index in [1.807, 2.05) is 6.07 Å². The molecule has 1 fully saturated rings. The molecule has 0 saturated carbocycles. The molecule has 1 aromatic rings. The zero-order chi connectivity index (χ0) is 15.6. The van der Waals surface area contributed by atoms with Gasteiger partial charge < -0.3 is 5.11 Å². The maximum absolute atomic E-state index is 12.5. The van der Waals surface area contributed by atoms with Crippen LogP contribution in [-0.2, 0) is 14.8 Å². The van der Waals surface area contributed by atoms with Crippen LogP contribution in [0.25, 0.3) is 0 Å². The lowest BCUT2D eigenvalue weighted by Gasteiger charge is -2.29. The van der Waals surface area contributed by atoms with Crippen LogP contribution in [0.1, 0.15) is 18.4 Å². The molecule has 1 aromatic carbocycles. The van der Waals surface area contributed by atoms with Crippen molar-refractivity contribution in [3.05, 3.63) is 28.8 Å². The summed E-state index contributed by atoms with van der Waals surface area (Å²) in [7, 11) is -3.71. The number of hydrogen-bond acceptors (Lipinski definition) is 4. The van der Waals surface area contributed by atoms with Crippen LogP contribution >= 0.6 is 11.6 Å². The lowest BCUT2D eigenvalue weighted by Crippen LogP contribution is -2.40. The maximum Gasteiger partial charge on any atom is 0.306 e. The third-order valence-electron chi connectivity index (χ3n) is 3.50. The van der Waals surface area contributed by atoms with Gasteiger partial charge in [0, 0.05) is 13.1 Å². The molecule has 1 saturated heterocycles. The number of rotatable bonds is 3. The van der Waals surface area contributed by atoms with Crippen molar-refractivity contribution < 1.29 is 18.3 Å². The van der Waals surface area contributed by atoms with Gasteiger partial charge in [-0.2, -0.15) is 9.57 Å². The fourth-order valence-corrected chi connectivity index (χ4v) is 4.02. The van der Waals surface area contributed by atoms with Crippen LogP contribution in [0.2, 0.25) is 5.02 Å². The van der Waals surface area contributed by atoms with Gasteiger partial charge in [-0.05, 0) is 31.0 Å². The number of aliphatic carboxylic acids is 1. The lowest BCUT2D eigenvalue weighted by molar-refractivity contribution is -0.142. The third kappa shape index (κ3) is 3.18. The quantitative estimate of drug-likeness (QED) is 0.910. The van der Waals surface area contributed by atoms with Crippen LogP contribution in [0.5, 0.6) is 0 Å². The number of hydrogen-bond donors (Lipinski definition) is 1. The van der Waals surface area contributed by atoms with Crippen molar-refractivity contribution in [3.63, 3.8) is 0 Å². The van der Waals surface area contributed by atoms with Crippen molar-refractivity contribution in [2.24, 2.45) is 5.92 Å². The predicted octanol–water partition coefficient (Wildman–Crippen LogP) is 1.70. The Morgan fingerprint density at radius 1 is 1.38 bits per heavy atom. The summed E-state index contributed by atoms with van der Waals surface area (Å²) in [6.07, 6.45) is 0.581. The summed E-state index contributed by atoms with van der Waals surface area (Å²) in [5.41, 5.74) is 0.209. The van der Waals surface area contributed by atoms with Gasteiger partial charge in [0.25, 0.3) is 0 Å². The molecule has 1 aliphatic heterocycles. The molecule has 0 spiro atoms. The molecule has 1 N–H and O–H groups in total. The van der Waals surface area contributed by atoms with Gasteiger partial charge >= 0.3 is 5.97 Å². The Hall–Kier alpha value is -1.62. The highest BCUT2D eigenvalue weighted by Gasteiger charge is 2.32. The molecule has 0 aromatic heterocycles. The van der Waals surface area contributed by atoms with Gasteiger partial charge in [-0.1, -0.05) is 11.6 Å². The first-order valence-electron chi connectivity index (χ1n) is 6.29. The number of nitriles is 1. The van der Waals surface area contributed by atoms with Crippen molar-refractivity contribution in [2.45, 2.75) is 17.7 Å². The van der Waals surface area contributed by atoms with Crippen LogP contribution in [0, 0.1) is 17.2 Å². The minimum Gasteiger partial charge on any atom is -0.481 e. The van der Waals surface area contributed by atoms with Crippen LogP contribution in [0.15, 0.2) is 23.1 Å². The zero-order valence-corrected chi connectivity index (χ0v) is 12.6. The molecule has 0 amide bonds. The molecule has 0 bridgehead atoms. The Labute approximate surface area is 127 Å². The lowest BCUT2D eigenvalue weighted by atomic mass is 9.99. The predicted molar refractivity (Wildman–Crippen MR) is 75.3 cm³/mol. The summed E-state index contributed by atoms with van der Waals surface area (Å²) in [6, 6.07) is 5.81. The third-order valence-corrected chi connectivity index (χ3v) is 5.71. The Balaban J connectivity index is 2.22. The summed E-state index contributed by atoms with van der Waals surface area (Å²) < 4.78 is 26.2. The van der Waals surface area contributed by atoms with Crippen molar-refractivity contribution in [2.75, 3.05) is 13.1 Å². The Kier molecular flexibility index (Phi) is 4.52. The van der Waals surface area contributed by atoms with Crippen molar-refractivity contribution in [1.82, 2.24) is 4.31 Å². The molecule has 0 radical (unpaired) electrons. The van der Waals surface area contributed by atoms with Crippen LogP contribution in [0.3, 0.4) is 0 Å². The van der Waals surface area contributed by atoms with Crippen LogP contribution < -0.4 is 0 Å². The van der Waals surface area contributed by atoms with E-state index in [0.29, 0.717) is 12.8 Å². The second kappa shape index (κ2) is 6.02. The normalized spacial score (nSPS) is 17.3. The number of halogens is 1. The SMILES string of the molecule is N#Cc1ccc(S(=O)(=O)N2CCC(C(=O)O)CC2)cc1Cl. The fourth-order valence-electron chi connectivity index (χ4n) is 2.24. The number of nitrogens with zero attached hydrogens (tertiary/aromatic N) is 2. The van der Waals surface area contributed by atoms with E-state index in [1.165, 1.54) is 22.5 Å². The molecule has 0 atom stereocenters. The molecular formula is C13H13ClN2O4S.